The van der Waals surface area contributed by atoms with E-state index in [-0.39, 0.29) is 11.9 Å². The van der Waals surface area contributed by atoms with Crippen molar-refractivity contribution in [3.63, 3.8) is 0 Å². The van der Waals surface area contributed by atoms with Crippen molar-refractivity contribution in [2.24, 2.45) is 0 Å². The highest BCUT2D eigenvalue weighted by Crippen LogP contribution is 2.32. The van der Waals surface area contributed by atoms with E-state index < -0.39 is 0 Å². The van der Waals surface area contributed by atoms with E-state index in [1.54, 1.807) is 0 Å². The number of anilines is 1. The molecule has 1 saturated heterocycles. The Morgan fingerprint density at radius 3 is 2.44 bits per heavy atom. The van der Waals surface area contributed by atoms with Gasteiger partial charge in [-0.3, -0.25) is 9.63 Å². The minimum absolute atomic E-state index is 0.266. The zero-order chi connectivity index (χ0) is 17.1. The molecule has 2 aromatic carbocycles. The molecule has 1 fully saturated rings. The lowest BCUT2D eigenvalue weighted by Crippen LogP contribution is -2.49. The number of carbonyl (C=O) groups is 1. The van der Waals surface area contributed by atoms with Gasteiger partial charge in [-0.1, -0.05) is 48.5 Å². The second kappa shape index (κ2) is 7.38. The number of nitrogens with zero attached hydrogens (tertiary/aromatic N) is 2. The lowest BCUT2D eigenvalue weighted by atomic mass is 9.96. The fourth-order valence-corrected chi connectivity index (χ4v) is 3.82. The van der Waals surface area contributed by atoms with E-state index in [0.717, 1.165) is 38.0 Å². The number of amides is 1. The minimum atomic E-state index is 0.266. The SMILES string of the molecule is O=C1CCc2ccccc2N1C1CCN(OCc2ccccc2)CC1. The van der Waals surface area contributed by atoms with Gasteiger partial charge in [0, 0.05) is 31.2 Å². The van der Waals surface area contributed by atoms with Gasteiger partial charge in [-0.25, -0.2) is 0 Å². The van der Waals surface area contributed by atoms with Crippen LogP contribution in [0.2, 0.25) is 0 Å². The van der Waals surface area contributed by atoms with Gasteiger partial charge < -0.3 is 4.90 Å². The Morgan fingerprint density at radius 2 is 1.64 bits per heavy atom. The summed E-state index contributed by atoms with van der Waals surface area (Å²) < 4.78 is 0. The molecule has 0 spiro atoms. The van der Waals surface area contributed by atoms with Crippen molar-refractivity contribution in [3.05, 3.63) is 65.7 Å². The Hall–Kier alpha value is -2.17. The van der Waals surface area contributed by atoms with Gasteiger partial charge in [0.15, 0.2) is 0 Å². The largest absolute Gasteiger partial charge is 0.309 e. The average molecular weight is 336 g/mol. The highest BCUT2D eigenvalue weighted by atomic mass is 16.7. The molecule has 25 heavy (non-hydrogen) atoms. The van der Waals surface area contributed by atoms with Crippen LogP contribution in [0, 0.1) is 0 Å². The van der Waals surface area contributed by atoms with Gasteiger partial charge in [0.25, 0.3) is 0 Å². The van der Waals surface area contributed by atoms with Crippen LogP contribution in [0.5, 0.6) is 0 Å². The fourth-order valence-electron chi connectivity index (χ4n) is 3.82. The van der Waals surface area contributed by atoms with E-state index in [4.69, 9.17) is 4.84 Å². The maximum Gasteiger partial charge on any atom is 0.227 e. The number of fused-ring (bicyclic) bond motifs is 1. The third kappa shape index (κ3) is 3.60. The van der Waals surface area contributed by atoms with Crippen LogP contribution < -0.4 is 4.90 Å². The number of hydroxylamine groups is 2. The molecule has 130 valence electrons. The second-order valence-electron chi connectivity index (χ2n) is 6.81. The van der Waals surface area contributed by atoms with E-state index in [0.29, 0.717) is 13.0 Å². The molecule has 0 saturated carbocycles. The lowest BCUT2D eigenvalue weighted by Gasteiger charge is -2.40. The van der Waals surface area contributed by atoms with Crippen LogP contribution in [-0.2, 0) is 22.7 Å². The lowest BCUT2D eigenvalue weighted by molar-refractivity contribution is -0.180. The number of piperidine rings is 1. The quantitative estimate of drug-likeness (QED) is 0.856. The zero-order valence-electron chi connectivity index (χ0n) is 14.4. The Balaban J connectivity index is 1.36. The third-order valence-corrected chi connectivity index (χ3v) is 5.17. The molecule has 0 atom stereocenters. The van der Waals surface area contributed by atoms with Gasteiger partial charge in [0.2, 0.25) is 5.91 Å². The predicted octanol–water partition coefficient (Wildman–Crippen LogP) is 3.56. The van der Waals surface area contributed by atoms with Crippen LogP contribution in [0.25, 0.3) is 0 Å². The van der Waals surface area contributed by atoms with Gasteiger partial charge in [-0.05, 0) is 36.5 Å². The smallest absolute Gasteiger partial charge is 0.227 e. The average Bonchev–Trinajstić information content (AvgIpc) is 2.68. The van der Waals surface area contributed by atoms with Crippen LogP contribution in [0.3, 0.4) is 0 Å². The molecule has 0 aromatic heterocycles. The molecule has 4 rings (SSSR count). The first kappa shape index (κ1) is 16.3. The highest BCUT2D eigenvalue weighted by Gasteiger charge is 2.32. The maximum atomic E-state index is 12.5. The summed E-state index contributed by atoms with van der Waals surface area (Å²) in [5.74, 6) is 0.266. The number of benzene rings is 2. The molecule has 2 aromatic rings. The summed E-state index contributed by atoms with van der Waals surface area (Å²) in [4.78, 5) is 20.5. The van der Waals surface area contributed by atoms with Crippen molar-refractivity contribution in [2.75, 3.05) is 18.0 Å². The first-order chi connectivity index (χ1) is 12.3. The summed E-state index contributed by atoms with van der Waals surface area (Å²) in [5.41, 5.74) is 3.59. The molecule has 2 aliphatic heterocycles. The van der Waals surface area contributed by atoms with Crippen molar-refractivity contribution in [1.82, 2.24) is 5.06 Å². The summed E-state index contributed by atoms with van der Waals surface area (Å²) >= 11 is 0. The van der Waals surface area contributed by atoms with Crippen molar-refractivity contribution < 1.29 is 9.63 Å². The van der Waals surface area contributed by atoms with Crippen molar-refractivity contribution in [1.29, 1.82) is 0 Å². The molecule has 4 nitrogen and oxygen atoms in total. The summed E-state index contributed by atoms with van der Waals surface area (Å²) in [6.07, 6.45) is 3.40. The topological polar surface area (TPSA) is 32.8 Å². The number of rotatable bonds is 4. The zero-order valence-corrected chi connectivity index (χ0v) is 14.4. The molecule has 4 heteroatoms. The summed E-state index contributed by atoms with van der Waals surface area (Å²) in [6.45, 7) is 2.34. The van der Waals surface area contributed by atoms with Crippen LogP contribution in [-0.4, -0.2) is 30.1 Å². The number of para-hydroxylation sites is 1. The van der Waals surface area contributed by atoms with Crippen molar-refractivity contribution in [3.8, 4) is 0 Å². The van der Waals surface area contributed by atoms with Gasteiger partial charge in [-0.2, -0.15) is 5.06 Å². The standard InChI is InChI=1S/C21H24N2O2/c24-21-11-10-18-8-4-5-9-20(18)23(21)19-12-14-22(15-13-19)25-16-17-6-2-1-3-7-17/h1-9,19H,10-16H2. The number of carbonyl (C=O) groups excluding carboxylic acids is 1. The Kier molecular flexibility index (Phi) is 4.81. The molecule has 1 amide bonds. The first-order valence-electron chi connectivity index (χ1n) is 9.13. The summed E-state index contributed by atoms with van der Waals surface area (Å²) in [5, 5.41) is 2.05. The van der Waals surface area contributed by atoms with Crippen LogP contribution in [0.1, 0.15) is 30.4 Å². The van der Waals surface area contributed by atoms with E-state index in [1.165, 1.54) is 11.1 Å². The molecule has 0 aliphatic carbocycles. The summed E-state index contributed by atoms with van der Waals surface area (Å²) in [7, 11) is 0. The summed E-state index contributed by atoms with van der Waals surface area (Å²) in [6, 6.07) is 18.8. The predicted molar refractivity (Wildman–Crippen MR) is 98.1 cm³/mol. The van der Waals surface area contributed by atoms with Crippen molar-refractivity contribution in [2.45, 2.75) is 38.3 Å². The van der Waals surface area contributed by atoms with Gasteiger partial charge in [0.1, 0.15) is 0 Å². The first-order valence-corrected chi connectivity index (χ1v) is 9.13. The van der Waals surface area contributed by atoms with Crippen LogP contribution in [0.4, 0.5) is 5.69 Å². The Bertz CT molecular complexity index is 724. The van der Waals surface area contributed by atoms with E-state index in [1.807, 2.05) is 34.2 Å². The molecule has 2 heterocycles. The van der Waals surface area contributed by atoms with Gasteiger partial charge in [0.05, 0.1) is 6.61 Å². The second-order valence-corrected chi connectivity index (χ2v) is 6.81. The van der Waals surface area contributed by atoms with Crippen LogP contribution >= 0.6 is 0 Å². The van der Waals surface area contributed by atoms with E-state index in [2.05, 4.69) is 30.3 Å². The molecule has 0 unspecified atom stereocenters. The Morgan fingerprint density at radius 1 is 0.920 bits per heavy atom. The highest BCUT2D eigenvalue weighted by molar-refractivity contribution is 5.97. The molecular weight excluding hydrogens is 312 g/mol. The minimum Gasteiger partial charge on any atom is -0.309 e. The Labute approximate surface area is 149 Å². The molecule has 0 radical (unpaired) electrons. The third-order valence-electron chi connectivity index (χ3n) is 5.17. The van der Waals surface area contributed by atoms with E-state index in [9.17, 15) is 4.79 Å². The number of hydrogen-bond acceptors (Lipinski definition) is 3. The normalized spacial score (nSPS) is 19.0. The fraction of sp³-hybridized carbons (Fsp3) is 0.381. The molecular formula is C21H24N2O2. The van der Waals surface area contributed by atoms with Crippen LogP contribution in [0.15, 0.2) is 54.6 Å². The molecule has 2 aliphatic rings. The monoisotopic (exact) mass is 336 g/mol. The van der Waals surface area contributed by atoms with Gasteiger partial charge >= 0.3 is 0 Å². The van der Waals surface area contributed by atoms with E-state index >= 15 is 0 Å². The number of hydrogen-bond donors (Lipinski definition) is 0. The maximum absolute atomic E-state index is 12.5. The number of aryl methyl sites for hydroxylation is 1. The van der Waals surface area contributed by atoms with Crippen molar-refractivity contribution >= 4 is 11.6 Å². The molecule has 0 bridgehead atoms. The van der Waals surface area contributed by atoms with Gasteiger partial charge in [-0.15, -0.1) is 0 Å². The molecule has 0 N–H and O–H groups in total.